The summed E-state index contributed by atoms with van der Waals surface area (Å²) in [7, 11) is -3.56. The number of rotatable bonds is 6. The molecule has 1 saturated heterocycles. The molecule has 1 saturated carbocycles. The van der Waals surface area contributed by atoms with Crippen LogP contribution in [-0.4, -0.2) is 38.3 Å². The maximum absolute atomic E-state index is 13.3. The van der Waals surface area contributed by atoms with Crippen LogP contribution in [0.1, 0.15) is 47.9 Å². The number of hydrogen-bond acceptors (Lipinski definition) is 3. The molecule has 7 heteroatoms. The summed E-state index contributed by atoms with van der Waals surface area (Å²) in [5.74, 6) is -0.118. The number of sulfonamides is 1. The molecule has 0 unspecified atom stereocenters. The smallest absolute Gasteiger partial charge is 0.243 e. The Morgan fingerprint density at radius 1 is 1.06 bits per heavy atom. The summed E-state index contributed by atoms with van der Waals surface area (Å²) in [6.45, 7) is 7.03. The van der Waals surface area contributed by atoms with Crippen LogP contribution in [0.3, 0.4) is 0 Å². The van der Waals surface area contributed by atoms with Gasteiger partial charge >= 0.3 is 0 Å². The van der Waals surface area contributed by atoms with Gasteiger partial charge in [-0.3, -0.25) is 4.79 Å². The Balaban J connectivity index is 1.35. The number of carbonyl (C=O) groups is 1. The first-order valence-electron chi connectivity index (χ1n) is 11.2. The third kappa shape index (κ3) is 4.59. The van der Waals surface area contributed by atoms with Gasteiger partial charge < -0.3 is 5.32 Å². The second kappa shape index (κ2) is 8.81. The molecule has 0 aromatic heterocycles. The highest BCUT2D eigenvalue weighted by atomic mass is 35.5. The second-order valence-corrected chi connectivity index (χ2v) is 11.7. The van der Waals surface area contributed by atoms with Gasteiger partial charge in [0.05, 0.1) is 4.90 Å². The molecule has 1 aliphatic heterocycles. The fraction of sp³-hybridized carbons (Fsp3) is 0.480. The Kier molecular flexibility index (Phi) is 6.40. The van der Waals surface area contributed by atoms with Crippen LogP contribution in [0.5, 0.6) is 0 Å². The molecule has 172 valence electrons. The van der Waals surface area contributed by atoms with Gasteiger partial charge in [-0.2, -0.15) is 4.31 Å². The second-order valence-electron chi connectivity index (χ2n) is 9.41. The molecule has 0 bridgehead atoms. The molecule has 2 fully saturated rings. The van der Waals surface area contributed by atoms with Crippen molar-refractivity contribution in [3.05, 3.63) is 63.7 Å². The number of nitrogens with zero attached hydrogens (tertiary/aromatic N) is 1. The van der Waals surface area contributed by atoms with E-state index in [-0.39, 0.29) is 17.2 Å². The van der Waals surface area contributed by atoms with Gasteiger partial charge in [0.15, 0.2) is 0 Å². The molecule has 0 atom stereocenters. The standard InChI is InChI=1S/C25H31ClN2O3S/c1-17-14-18(2)23(19(3)15-17)32(30,31)28-12-8-20(9-13-28)24(29)27-16-25(10-11-25)21-4-6-22(26)7-5-21/h4-7,14-15,20H,8-13,16H2,1-3H3,(H,27,29). The molecule has 1 aliphatic carbocycles. The molecule has 1 amide bonds. The molecule has 5 nitrogen and oxygen atoms in total. The monoisotopic (exact) mass is 474 g/mol. The number of carbonyl (C=O) groups excluding carboxylic acids is 1. The highest BCUT2D eigenvalue weighted by Gasteiger charge is 2.44. The summed E-state index contributed by atoms with van der Waals surface area (Å²) < 4.78 is 28.1. The number of amides is 1. The molecule has 0 radical (unpaired) electrons. The van der Waals surface area contributed by atoms with Crippen LogP contribution in [0.25, 0.3) is 0 Å². The molecule has 4 rings (SSSR count). The summed E-state index contributed by atoms with van der Waals surface area (Å²) in [5.41, 5.74) is 3.84. The SMILES string of the molecule is Cc1cc(C)c(S(=O)(=O)N2CCC(C(=O)NCC3(c4ccc(Cl)cc4)CC3)CC2)c(C)c1. The van der Waals surface area contributed by atoms with E-state index >= 15 is 0 Å². The zero-order chi connectivity index (χ0) is 23.1. The van der Waals surface area contributed by atoms with E-state index in [9.17, 15) is 13.2 Å². The number of nitrogens with one attached hydrogen (secondary N) is 1. The summed E-state index contributed by atoms with van der Waals surface area (Å²) in [6, 6.07) is 11.7. The van der Waals surface area contributed by atoms with Crippen molar-refractivity contribution in [3.63, 3.8) is 0 Å². The normalized spacial score (nSPS) is 19.0. The minimum atomic E-state index is -3.56. The number of piperidine rings is 1. The van der Waals surface area contributed by atoms with Crippen LogP contribution in [0.4, 0.5) is 0 Å². The third-order valence-corrected chi connectivity index (χ3v) is 9.40. The molecular weight excluding hydrogens is 444 g/mol. The molecule has 0 spiro atoms. The quantitative estimate of drug-likeness (QED) is 0.669. The fourth-order valence-corrected chi connectivity index (χ4v) is 6.99. The third-order valence-electron chi connectivity index (χ3n) is 6.94. The molecule has 2 aromatic carbocycles. The van der Waals surface area contributed by atoms with Crippen LogP contribution < -0.4 is 5.32 Å². The van der Waals surface area contributed by atoms with Crippen molar-refractivity contribution in [2.75, 3.05) is 19.6 Å². The predicted molar refractivity (Wildman–Crippen MR) is 128 cm³/mol. The summed E-state index contributed by atoms with van der Waals surface area (Å²) in [4.78, 5) is 13.2. The van der Waals surface area contributed by atoms with Crippen LogP contribution in [0, 0.1) is 26.7 Å². The summed E-state index contributed by atoms with van der Waals surface area (Å²) in [5, 5.41) is 3.85. The zero-order valence-electron chi connectivity index (χ0n) is 18.9. The Labute approximate surface area is 196 Å². The molecule has 32 heavy (non-hydrogen) atoms. The van der Waals surface area contributed by atoms with Gasteiger partial charge in [-0.1, -0.05) is 41.4 Å². The molecule has 1 heterocycles. The van der Waals surface area contributed by atoms with Crippen molar-refractivity contribution < 1.29 is 13.2 Å². The first-order valence-corrected chi connectivity index (χ1v) is 13.1. The van der Waals surface area contributed by atoms with Crippen molar-refractivity contribution in [2.24, 2.45) is 5.92 Å². The van der Waals surface area contributed by atoms with Gasteiger partial charge in [-0.25, -0.2) is 8.42 Å². The average Bonchev–Trinajstić information content (AvgIpc) is 3.53. The van der Waals surface area contributed by atoms with Crippen molar-refractivity contribution in [3.8, 4) is 0 Å². The van der Waals surface area contributed by atoms with E-state index < -0.39 is 10.0 Å². The van der Waals surface area contributed by atoms with Crippen molar-refractivity contribution in [2.45, 2.75) is 56.8 Å². The van der Waals surface area contributed by atoms with Gasteiger partial charge in [-0.15, -0.1) is 0 Å². The predicted octanol–water partition coefficient (Wildman–Crippen LogP) is 4.51. The van der Waals surface area contributed by atoms with Gasteiger partial charge in [-0.05, 0) is 75.3 Å². The van der Waals surface area contributed by atoms with Gasteiger partial charge in [0.2, 0.25) is 15.9 Å². The highest BCUT2D eigenvalue weighted by Crippen LogP contribution is 2.47. The van der Waals surface area contributed by atoms with Gasteiger partial charge in [0.1, 0.15) is 0 Å². The fourth-order valence-electron chi connectivity index (χ4n) is 4.98. The lowest BCUT2D eigenvalue weighted by Crippen LogP contribution is -2.44. The van der Waals surface area contributed by atoms with Crippen LogP contribution >= 0.6 is 11.6 Å². The van der Waals surface area contributed by atoms with Gasteiger partial charge in [0.25, 0.3) is 0 Å². The first kappa shape index (κ1) is 23.3. The molecule has 1 N–H and O–H groups in total. The van der Waals surface area contributed by atoms with Gasteiger partial charge in [0, 0.05) is 36.0 Å². The number of benzene rings is 2. The summed E-state index contributed by atoms with van der Waals surface area (Å²) in [6.07, 6.45) is 3.20. The van der Waals surface area contributed by atoms with E-state index in [1.165, 1.54) is 9.87 Å². The maximum Gasteiger partial charge on any atom is 0.243 e. The topological polar surface area (TPSA) is 66.5 Å². The lowest BCUT2D eigenvalue weighted by molar-refractivity contribution is -0.126. The van der Waals surface area contributed by atoms with E-state index in [2.05, 4.69) is 5.32 Å². The largest absolute Gasteiger partial charge is 0.355 e. The van der Waals surface area contributed by atoms with E-state index in [0.717, 1.165) is 29.5 Å². The number of hydrogen-bond donors (Lipinski definition) is 1. The minimum absolute atomic E-state index is 0.0186. The zero-order valence-corrected chi connectivity index (χ0v) is 20.5. The van der Waals surface area contributed by atoms with Crippen LogP contribution in [-0.2, 0) is 20.2 Å². The Morgan fingerprint density at radius 2 is 1.62 bits per heavy atom. The minimum Gasteiger partial charge on any atom is -0.355 e. The van der Waals surface area contributed by atoms with E-state index in [1.807, 2.05) is 57.2 Å². The molecule has 2 aromatic rings. The highest BCUT2D eigenvalue weighted by molar-refractivity contribution is 7.89. The van der Waals surface area contributed by atoms with Crippen LogP contribution in [0.2, 0.25) is 5.02 Å². The van der Waals surface area contributed by atoms with E-state index in [4.69, 9.17) is 11.6 Å². The Bertz CT molecular complexity index is 1090. The first-order chi connectivity index (χ1) is 15.1. The van der Waals surface area contributed by atoms with E-state index in [1.54, 1.807) is 0 Å². The Hall–Kier alpha value is -1.89. The number of aryl methyl sites for hydroxylation is 3. The maximum atomic E-state index is 13.3. The lowest BCUT2D eigenvalue weighted by atomic mass is 9.94. The van der Waals surface area contributed by atoms with Crippen molar-refractivity contribution >= 4 is 27.5 Å². The number of halogens is 1. The van der Waals surface area contributed by atoms with E-state index in [0.29, 0.717) is 42.4 Å². The summed E-state index contributed by atoms with van der Waals surface area (Å²) >= 11 is 6.00. The molecular formula is C25H31ClN2O3S. The Morgan fingerprint density at radius 3 is 2.16 bits per heavy atom. The lowest BCUT2D eigenvalue weighted by Gasteiger charge is -2.31. The van der Waals surface area contributed by atoms with Crippen molar-refractivity contribution in [1.82, 2.24) is 9.62 Å². The average molecular weight is 475 g/mol. The molecule has 2 aliphatic rings. The van der Waals surface area contributed by atoms with Crippen LogP contribution in [0.15, 0.2) is 41.3 Å². The van der Waals surface area contributed by atoms with Crippen molar-refractivity contribution in [1.29, 1.82) is 0 Å².